The van der Waals surface area contributed by atoms with Gasteiger partial charge in [0.1, 0.15) is 6.04 Å². The van der Waals surface area contributed by atoms with E-state index < -0.39 is 0 Å². The Balaban J connectivity index is 1.88. The molecule has 1 saturated carbocycles. The number of carbonyl (C=O) groups excluding carboxylic acids is 2. The summed E-state index contributed by atoms with van der Waals surface area (Å²) in [5, 5.41) is 3.12. The second kappa shape index (κ2) is 6.34. The third-order valence-corrected chi connectivity index (χ3v) is 3.67. The van der Waals surface area contributed by atoms with Gasteiger partial charge in [-0.15, -0.1) is 0 Å². The smallest absolute Gasteiger partial charge is 0.323 e. The van der Waals surface area contributed by atoms with Crippen LogP contribution in [0.3, 0.4) is 0 Å². The maximum Gasteiger partial charge on any atom is 0.323 e. The quantitative estimate of drug-likeness (QED) is 0.699. The van der Waals surface area contributed by atoms with Crippen molar-refractivity contribution >= 4 is 11.9 Å². The van der Waals surface area contributed by atoms with E-state index in [9.17, 15) is 9.59 Å². The van der Waals surface area contributed by atoms with Crippen molar-refractivity contribution < 1.29 is 19.1 Å². The number of amides is 1. The monoisotopic (exact) mass is 270 g/mol. The molecule has 1 aliphatic heterocycles. The van der Waals surface area contributed by atoms with Crippen molar-refractivity contribution in [2.75, 3.05) is 33.4 Å². The topological polar surface area (TPSA) is 67.9 Å². The van der Waals surface area contributed by atoms with Gasteiger partial charge in [0.15, 0.2) is 0 Å². The number of nitrogens with zero attached hydrogens (tertiary/aromatic N) is 1. The molecular formula is C13H22N2O4. The lowest BCUT2D eigenvalue weighted by molar-refractivity contribution is -0.145. The Kier molecular flexibility index (Phi) is 4.76. The van der Waals surface area contributed by atoms with Crippen LogP contribution in [-0.2, 0) is 19.1 Å². The molecule has 1 aliphatic carbocycles. The fourth-order valence-electron chi connectivity index (χ4n) is 2.35. The fraction of sp³-hybridized carbons (Fsp3) is 0.846. The minimum atomic E-state index is -0.372. The van der Waals surface area contributed by atoms with Crippen LogP contribution in [0, 0.1) is 5.92 Å². The normalized spacial score (nSPS) is 22.7. The summed E-state index contributed by atoms with van der Waals surface area (Å²) in [5.41, 5.74) is 0. The summed E-state index contributed by atoms with van der Waals surface area (Å²) < 4.78 is 10.0. The van der Waals surface area contributed by atoms with Gasteiger partial charge >= 0.3 is 5.97 Å². The average molecular weight is 270 g/mol. The molecule has 0 spiro atoms. The van der Waals surface area contributed by atoms with Gasteiger partial charge in [-0.3, -0.25) is 14.9 Å². The van der Waals surface area contributed by atoms with E-state index >= 15 is 0 Å². The number of rotatable bonds is 5. The zero-order valence-electron chi connectivity index (χ0n) is 11.6. The van der Waals surface area contributed by atoms with E-state index in [4.69, 9.17) is 9.47 Å². The number of esters is 1. The first-order valence-electron chi connectivity index (χ1n) is 6.84. The predicted molar refractivity (Wildman–Crippen MR) is 68.5 cm³/mol. The van der Waals surface area contributed by atoms with Crippen LogP contribution in [-0.4, -0.2) is 62.3 Å². The van der Waals surface area contributed by atoms with E-state index in [0.717, 1.165) is 12.8 Å². The van der Waals surface area contributed by atoms with Gasteiger partial charge in [-0.2, -0.15) is 0 Å². The summed E-state index contributed by atoms with van der Waals surface area (Å²) in [7, 11) is 1.38. The molecule has 1 amide bonds. The van der Waals surface area contributed by atoms with Crippen LogP contribution < -0.4 is 5.32 Å². The zero-order valence-corrected chi connectivity index (χ0v) is 11.6. The number of hydrogen-bond acceptors (Lipinski definition) is 5. The van der Waals surface area contributed by atoms with Gasteiger partial charge in [-0.05, 0) is 25.7 Å². The van der Waals surface area contributed by atoms with Gasteiger partial charge in [0, 0.05) is 13.1 Å². The summed E-state index contributed by atoms with van der Waals surface area (Å²) in [6.45, 7) is 4.22. The summed E-state index contributed by atoms with van der Waals surface area (Å²) in [6, 6.07) is -0.729. The van der Waals surface area contributed by atoms with Crippen LogP contribution in [0.4, 0.5) is 0 Å². The van der Waals surface area contributed by atoms with Gasteiger partial charge in [-0.1, -0.05) is 0 Å². The molecule has 0 aromatic rings. The highest BCUT2D eigenvalue weighted by Crippen LogP contribution is 2.33. The zero-order chi connectivity index (χ0) is 13.8. The number of morpholine rings is 1. The lowest BCUT2D eigenvalue weighted by atomic mass is 10.1. The van der Waals surface area contributed by atoms with E-state index in [0.29, 0.717) is 32.2 Å². The highest BCUT2D eigenvalue weighted by Gasteiger charge is 2.39. The molecule has 1 saturated heterocycles. The van der Waals surface area contributed by atoms with Gasteiger partial charge in [0.2, 0.25) is 5.91 Å². The molecule has 2 fully saturated rings. The number of carbonyl (C=O) groups is 2. The van der Waals surface area contributed by atoms with Crippen molar-refractivity contribution in [2.45, 2.75) is 31.8 Å². The Morgan fingerprint density at radius 3 is 2.47 bits per heavy atom. The molecule has 2 unspecified atom stereocenters. The molecule has 1 N–H and O–H groups in total. The van der Waals surface area contributed by atoms with Crippen LogP contribution in [0.2, 0.25) is 0 Å². The predicted octanol–water partition coefficient (Wildman–Crippen LogP) is -0.225. The minimum absolute atomic E-state index is 0.0258. The van der Waals surface area contributed by atoms with E-state index in [-0.39, 0.29) is 24.0 Å². The second-order valence-electron chi connectivity index (χ2n) is 5.16. The lowest BCUT2D eigenvalue weighted by Gasteiger charge is -2.30. The van der Waals surface area contributed by atoms with Crippen molar-refractivity contribution in [3.8, 4) is 0 Å². The average Bonchev–Trinajstić information content (AvgIpc) is 3.28. The molecule has 2 atom stereocenters. The first-order chi connectivity index (χ1) is 9.13. The van der Waals surface area contributed by atoms with E-state index in [2.05, 4.69) is 5.32 Å². The largest absolute Gasteiger partial charge is 0.468 e. The van der Waals surface area contributed by atoms with Crippen LogP contribution in [0.1, 0.15) is 19.8 Å². The molecule has 0 radical (unpaired) electrons. The Labute approximate surface area is 113 Å². The van der Waals surface area contributed by atoms with E-state index in [1.807, 2.05) is 0 Å². The molecule has 6 heteroatoms. The summed E-state index contributed by atoms with van der Waals surface area (Å²) >= 11 is 0. The highest BCUT2D eigenvalue weighted by atomic mass is 16.5. The Bertz CT molecular complexity index is 338. The van der Waals surface area contributed by atoms with E-state index in [1.165, 1.54) is 7.11 Å². The molecule has 2 rings (SSSR count). The van der Waals surface area contributed by atoms with Crippen molar-refractivity contribution in [1.29, 1.82) is 0 Å². The Morgan fingerprint density at radius 2 is 1.95 bits per heavy atom. The summed E-state index contributed by atoms with van der Waals surface area (Å²) in [4.78, 5) is 25.7. The second-order valence-corrected chi connectivity index (χ2v) is 5.16. The van der Waals surface area contributed by atoms with Gasteiger partial charge < -0.3 is 14.4 Å². The van der Waals surface area contributed by atoms with Crippen molar-refractivity contribution in [3.63, 3.8) is 0 Å². The van der Waals surface area contributed by atoms with Crippen LogP contribution in [0.25, 0.3) is 0 Å². The fourth-order valence-corrected chi connectivity index (χ4v) is 2.35. The van der Waals surface area contributed by atoms with Crippen LogP contribution in [0.5, 0.6) is 0 Å². The van der Waals surface area contributed by atoms with Gasteiger partial charge in [0.05, 0.1) is 26.4 Å². The number of hydrogen-bond donors (Lipinski definition) is 1. The molecule has 0 bridgehead atoms. The first kappa shape index (κ1) is 14.3. The molecule has 2 aliphatic rings. The van der Waals surface area contributed by atoms with Crippen LogP contribution in [0.15, 0.2) is 0 Å². The molecule has 6 nitrogen and oxygen atoms in total. The maximum atomic E-state index is 12.2. The van der Waals surface area contributed by atoms with Crippen molar-refractivity contribution in [1.82, 2.24) is 10.2 Å². The number of methoxy groups -OCH3 is 1. The third kappa shape index (κ3) is 3.67. The summed E-state index contributed by atoms with van der Waals surface area (Å²) in [6.07, 6.45) is 2.04. The molecule has 1 heterocycles. The molecule has 19 heavy (non-hydrogen) atoms. The van der Waals surface area contributed by atoms with Crippen molar-refractivity contribution in [2.24, 2.45) is 5.92 Å². The minimum Gasteiger partial charge on any atom is -0.468 e. The Hall–Kier alpha value is -1.14. The SMILES string of the molecule is COC(=O)C(NC(C)C(=O)N1CCOCC1)C1CC1. The molecule has 108 valence electrons. The van der Waals surface area contributed by atoms with Crippen LogP contribution >= 0.6 is 0 Å². The number of ether oxygens (including phenoxy) is 2. The van der Waals surface area contributed by atoms with Crippen molar-refractivity contribution in [3.05, 3.63) is 0 Å². The third-order valence-electron chi connectivity index (χ3n) is 3.67. The van der Waals surface area contributed by atoms with Gasteiger partial charge in [0.25, 0.3) is 0 Å². The maximum absolute atomic E-state index is 12.2. The van der Waals surface area contributed by atoms with E-state index in [1.54, 1.807) is 11.8 Å². The number of nitrogens with one attached hydrogen (secondary N) is 1. The van der Waals surface area contributed by atoms with Gasteiger partial charge in [-0.25, -0.2) is 0 Å². The first-order valence-corrected chi connectivity index (χ1v) is 6.84. The standard InChI is InChI=1S/C13H22N2O4/c1-9(12(16)15-5-7-19-8-6-15)14-11(10-3-4-10)13(17)18-2/h9-11,14H,3-8H2,1-2H3. The Morgan fingerprint density at radius 1 is 1.32 bits per heavy atom. The highest BCUT2D eigenvalue weighted by molar-refractivity contribution is 5.83. The summed E-state index contributed by atoms with van der Waals surface area (Å²) in [5.74, 6) is 0.0642. The molecular weight excluding hydrogens is 248 g/mol. The lowest BCUT2D eigenvalue weighted by Crippen LogP contribution is -2.53. The molecule has 0 aromatic heterocycles. The molecule has 0 aromatic carbocycles.